The number of nitrogen functional groups attached to an aromatic ring is 1. The number of rotatable bonds is 3. The van der Waals surface area contributed by atoms with Gasteiger partial charge in [0.05, 0.1) is 10.6 Å². The topological polar surface area (TPSA) is 96.8 Å². The predicted octanol–water partition coefficient (Wildman–Crippen LogP) is 2.35. The van der Waals surface area contributed by atoms with Gasteiger partial charge < -0.3 is 15.5 Å². The van der Waals surface area contributed by atoms with Crippen LogP contribution >= 0.6 is 11.6 Å². The number of piperazine rings is 1. The molecule has 3 aromatic rings. The van der Waals surface area contributed by atoms with Gasteiger partial charge in [0.1, 0.15) is 17.7 Å². The summed E-state index contributed by atoms with van der Waals surface area (Å²) >= 11 is 6.44. The Morgan fingerprint density at radius 2 is 2.13 bits per heavy atom. The van der Waals surface area contributed by atoms with Crippen molar-refractivity contribution in [1.82, 2.24) is 19.5 Å². The van der Waals surface area contributed by atoms with Crippen molar-refractivity contribution in [3.63, 3.8) is 0 Å². The molecule has 10 heteroatoms. The molecule has 1 aliphatic heterocycles. The van der Waals surface area contributed by atoms with Crippen molar-refractivity contribution in [2.75, 3.05) is 30.3 Å². The summed E-state index contributed by atoms with van der Waals surface area (Å²) in [4.78, 5) is 33.2. The van der Waals surface area contributed by atoms with Gasteiger partial charge in [-0.15, -0.1) is 0 Å². The first-order chi connectivity index (χ1) is 14.8. The van der Waals surface area contributed by atoms with Crippen LogP contribution < -0.4 is 16.2 Å². The van der Waals surface area contributed by atoms with Crippen molar-refractivity contribution in [3.8, 4) is 11.1 Å². The number of halogens is 2. The molecule has 0 aliphatic carbocycles. The lowest BCUT2D eigenvalue weighted by atomic mass is 10.0. The van der Waals surface area contributed by atoms with E-state index >= 15 is 0 Å². The molecule has 3 heterocycles. The number of benzene rings is 1. The minimum Gasteiger partial charge on any atom is -0.398 e. The molecule has 160 valence electrons. The SMILES string of the molecule is C=CC(=O)N1CCN(c2ncnn3c(=O)c(-c4c(N)cccc4F)c(Cl)cc23)[C@@H](C)C1. The van der Waals surface area contributed by atoms with Gasteiger partial charge in [-0.1, -0.05) is 24.2 Å². The zero-order valence-corrected chi connectivity index (χ0v) is 17.5. The standard InChI is InChI=1S/C21H20ClFN6O2/c1-3-17(30)27-7-8-28(12(2)10-27)20-16-9-13(22)18(21(31)29(16)26-11-25-20)19-14(23)5-4-6-15(19)24/h3-6,9,11-12H,1,7-8,10,24H2,2H3/t12-/m0/s1. The van der Waals surface area contributed by atoms with E-state index in [1.54, 1.807) is 4.90 Å². The lowest BCUT2D eigenvalue weighted by Crippen LogP contribution is -2.53. The summed E-state index contributed by atoms with van der Waals surface area (Å²) in [5, 5.41) is 4.12. The van der Waals surface area contributed by atoms with Crippen LogP contribution in [0, 0.1) is 5.82 Å². The highest BCUT2D eigenvalue weighted by atomic mass is 35.5. The number of anilines is 2. The van der Waals surface area contributed by atoms with Crippen LogP contribution in [0.4, 0.5) is 15.9 Å². The first kappa shape index (κ1) is 20.8. The molecule has 0 spiro atoms. The molecule has 1 aliphatic rings. The number of nitrogens with zero attached hydrogens (tertiary/aromatic N) is 5. The highest BCUT2D eigenvalue weighted by Crippen LogP contribution is 2.33. The summed E-state index contributed by atoms with van der Waals surface area (Å²) < 4.78 is 15.6. The number of pyridine rings is 1. The van der Waals surface area contributed by atoms with E-state index in [0.29, 0.717) is 31.0 Å². The Labute approximate surface area is 182 Å². The van der Waals surface area contributed by atoms with E-state index in [9.17, 15) is 14.0 Å². The molecule has 2 aromatic heterocycles. The van der Waals surface area contributed by atoms with E-state index in [2.05, 4.69) is 16.7 Å². The number of amides is 1. The lowest BCUT2D eigenvalue weighted by molar-refractivity contribution is -0.126. The number of aromatic nitrogens is 3. The number of fused-ring (bicyclic) bond motifs is 1. The molecule has 0 saturated carbocycles. The van der Waals surface area contributed by atoms with Crippen molar-refractivity contribution in [2.24, 2.45) is 0 Å². The Morgan fingerprint density at radius 3 is 2.81 bits per heavy atom. The Kier molecular flexibility index (Phi) is 5.36. The van der Waals surface area contributed by atoms with Gasteiger partial charge >= 0.3 is 0 Å². The molecule has 4 rings (SSSR count). The molecule has 1 atom stereocenters. The van der Waals surface area contributed by atoms with E-state index < -0.39 is 11.4 Å². The summed E-state index contributed by atoms with van der Waals surface area (Å²) in [5.74, 6) is -0.282. The van der Waals surface area contributed by atoms with E-state index in [1.807, 2.05) is 11.8 Å². The lowest BCUT2D eigenvalue weighted by Gasteiger charge is -2.40. The molecule has 1 aromatic carbocycles. The van der Waals surface area contributed by atoms with E-state index in [0.717, 1.165) is 4.52 Å². The number of carbonyl (C=O) groups excluding carboxylic acids is 1. The third-order valence-corrected chi connectivity index (χ3v) is 5.69. The zero-order chi connectivity index (χ0) is 22.3. The average molecular weight is 443 g/mol. The van der Waals surface area contributed by atoms with Crippen molar-refractivity contribution in [1.29, 1.82) is 0 Å². The van der Waals surface area contributed by atoms with Gasteiger partial charge in [-0.2, -0.15) is 9.61 Å². The van der Waals surface area contributed by atoms with Gasteiger partial charge in [0.15, 0.2) is 5.82 Å². The summed E-state index contributed by atoms with van der Waals surface area (Å²) in [6, 6.07) is 5.63. The molecule has 31 heavy (non-hydrogen) atoms. The highest BCUT2D eigenvalue weighted by molar-refractivity contribution is 6.34. The largest absolute Gasteiger partial charge is 0.398 e. The minimum absolute atomic E-state index is 0.0472. The second-order valence-corrected chi connectivity index (χ2v) is 7.70. The van der Waals surface area contributed by atoms with Gasteiger partial charge in [-0.05, 0) is 31.2 Å². The number of hydrogen-bond acceptors (Lipinski definition) is 6. The average Bonchev–Trinajstić information content (AvgIpc) is 2.75. The van der Waals surface area contributed by atoms with E-state index in [-0.39, 0.29) is 33.8 Å². The second-order valence-electron chi connectivity index (χ2n) is 7.29. The second kappa shape index (κ2) is 7.99. The van der Waals surface area contributed by atoms with Crippen LogP contribution in [-0.4, -0.2) is 51.1 Å². The van der Waals surface area contributed by atoms with Crippen LogP contribution in [0.15, 0.2) is 48.0 Å². The maximum Gasteiger partial charge on any atom is 0.281 e. The van der Waals surface area contributed by atoms with Crippen molar-refractivity contribution < 1.29 is 9.18 Å². The third-order valence-electron chi connectivity index (χ3n) is 5.39. The molecular formula is C21H20ClFN6O2. The number of nitrogens with two attached hydrogens (primary N) is 1. The fourth-order valence-electron chi connectivity index (χ4n) is 3.90. The van der Waals surface area contributed by atoms with E-state index in [1.165, 1.54) is 36.7 Å². The maximum atomic E-state index is 14.5. The van der Waals surface area contributed by atoms with Crippen LogP contribution in [0.25, 0.3) is 16.6 Å². The normalized spacial score (nSPS) is 16.5. The fourth-order valence-corrected chi connectivity index (χ4v) is 4.18. The molecule has 1 fully saturated rings. The smallest absolute Gasteiger partial charge is 0.281 e. The summed E-state index contributed by atoms with van der Waals surface area (Å²) in [5.41, 5.74) is 5.68. The Morgan fingerprint density at radius 1 is 1.35 bits per heavy atom. The molecule has 0 unspecified atom stereocenters. The van der Waals surface area contributed by atoms with Crippen LogP contribution in [-0.2, 0) is 4.79 Å². The van der Waals surface area contributed by atoms with Crippen LogP contribution in [0.1, 0.15) is 6.92 Å². The Balaban J connectivity index is 1.83. The van der Waals surface area contributed by atoms with Gasteiger partial charge in [-0.25, -0.2) is 9.37 Å². The van der Waals surface area contributed by atoms with E-state index in [4.69, 9.17) is 17.3 Å². The van der Waals surface area contributed by atoms with Crippen molar-refractivity contribution in [2.45, 2.75) is 13.0 Å². The molecule has 1 amide bonds. The van der Waals surface area contributed by atoms with Crippen LogP contribution in [0.5, 0.6) is 0 Å². The van der Waals surface area contributed by atoms with Crippen molar-refractivity contribution >= 4 is 34.5 Å². The first-order valence-corrected chi connectivity index (χ1v) is 10.00. The molecule has 2 N–H and O–H groups in total. The van der Waals surface area contributed by atoms with Gasteiger partial charge in [0.2, 0.25) is 5.91 Å². The Bertz CT molecular complexity index is 1240. The number of hydrogen-bond donors (Lipinski definition) is 1. The molecule has 0 bridgehead atoms. The summed E-state index contributed by atoms with van der Waals surface area (Å²) in [6.07, 6.45) is 2.55. The molecule has 0 radical (unpaired) electrons. The summed E-state index contributed by atoms with van der Waals surface area (Å²) in [6.45, 7) is 6.94. The predicted molar refractivity (Wildman–Crippen MR) is 118 cm³/mol. The van der Waals surface area contributed by atoms with Gasteiger partial charge in [0.25, 0.3) is 5.56 Å². The molecule has 8 nitrogen and oxygen atoms in total. The quantitative estimate of drug-likeness (QED) is 0.494. The highest BCUT2D eigenvalue weighted by Gasteiger charge is 2.29. The molecule has 1 saturated heterocycles. The van der Waals surface area contributed by atoms with Crippen LogP contribution in [0.2, 0.25) is 5.02 Å². The zero-order valence-electron chi connectivity index (χ0n) is 16.8. The third kappa shape index (κ3) is 3.50. The monoisotopic (exact) mass is 442 g/mol. The van der Waals surface area contributed by atoms with Crippen LogP contribution in [0.3, 0.4) is 0 Å². The van der Waals surface area contributed by atoms with Crippen molar-refractivity contribution in [3.05, 3.63) is 64.4 Å². The van der Waals surface area contributed by atoms with Gasteiger partial charge in [-0.3, -0.25) is 9.59 Å². The number of carbonyl (C=O) groups is 1. The maximum absolute atomic E-state index is 14.5. The summed E-state index contributed by atoms with van der Waals surface area (Å²) in [7, 11) is 0. The Hall–Kier alpha value is -3.46. The first-order valence-electron chi connectivity index (χ1n) is 9.62. The van der Waals surface area contributed by atoms with Gasteiger partial charge in [0, 0.05) is 36.9 Å². The minimum atomic E-state index is -0.648. The molecular weight excluding hydrogens is 423 g/mol. The fraction of sp³-hybridized carbons (Fsp3) is 0.238.